The third kappa shape index (κ3) is 6.19. The van der Waals surface area contributed by atoms with E-state index in [4.69, 9.17) is 23.2 Å². The Morgan fingerprint density at radius 2 is 2.08 bits per heavy atom. The number of alkyl halides is 1. The molecule has 0 aromatic carbocycles. The van der Waals surface area contributed by atoms with E-state index >= 15 is 0 Å². The zero-order valence-electron chi connectivity index (χ0n) is 15.0. The summed E-state index contributed by atoms with van der Waals surface area (Å²) in [5, 5.41) is 7.61. The summed E-state index contributed by atoms with van der Waals surface area (Å²) < 4.78 is 1.66. The lowest BCUT2D eigenvalue weighted by Gasteiger charge is -2.26. The maximum Gasteiger partial charge on any atom is 0.235 e. The molecule has 0 unspecified atom stereocenters. The van der Waals surface area contributed by atoms with Gasteiger partial charge in [-0.2, -0.15) is 5.10 Å². The predicted octanol–water partition coefficient (Wildman–Crippen LogP) is 2.54. The van der Waals surface area contributed by atoms with Gasteiger partial charge in [-0.15, -0.1) is 11.6 Å². The van der Waals surface area contributed by atoms with Crippen LogP contribution in [-0.4, -0.2) is 51.5 Å². The molecule has 8 heteroatoms. The molecule has 0 spiro atoms. The molecule has 1 fully saturated rings. The van der Waals surface area contributed by atoms with Crippen molar-refractivity contribution >= 4 is 35.0 Å². The number of amides is 2. The zero-order valence-corrected chi connectivity index (χ0v) is 16.5. The van der Waals surface area contributed by atoms with Crippen LogP contribution in [0.1, 0.15) is 33.6 Å². The quantitative estimate of drug-likeness (QED) is 0.761. The van der Waals surface area contributed by atoms with E-state index in [2.05, 4.69) is 31.2 Å². The van der Waals surface area contributed by atoms with Crippen LogP contribution in [0, 0.1) is 11.3 Å². The van der Waals surface area contributed by atoms with E-state index in [0.29, 0.717) is 31.1 Å². The van der Waals surface area contributed by atoms with E-state index in [1.807, 2.05) is 4.90 Å². The topological polar surface area (TPSA) is 67.2 Å². The van der Waals surface area contributed by atoms with Crippen LogP contribution < -0.4 is 5.32 Å². The van der Waals surface area contributed by atoms with E-state index in [9.17, 15) is 9.59 Å². The van der Waals surface area contributed by atoms with Gasteiger partial charge in [0.05, 0.1) is 17.3 Å². The van der Waals surface area contributed by atoms with E-state index in [1.165, 1.54) is 0 Å². The average molecular weight is 389 g/mol. The Kier molecular flexibility index (Phi) is 6.74. The van der Waals surface area contributed by atoms with Crippen LogP contribution in [0.3, 0.4) is 0 Å². The van der Waals surface area contributed by atoms with Crippen LogP contribution in [0.15, 0.2) is 12.4 Å². The zero-order chi connectivity index (χ0) is 18.6. The number of halogens is 2. The maximum atomic E-state index is 12.6. The van der Waals surface area contributed by atoms with Crippen molar-refractivity contribution in [1.29, 1.82) is 0 Å². The van der Waals surface area contributed by atoms with Gasteiger partial charge in [-0.3, -0.25) is 14.3 Å². The maximum absolute atomic E-state index is 12.6. The average Bonchev–Trinajstić information content (AvgIpc) is 3.10. The van der Waals surface area contributed by atoms with Crippen LogP contribution in [0.4, 0.5) is 0 Å². The highest BCUT2D eigenvalue weighted by molar-refractivity contribution is 6.30. The number of carbonyl (C=O) groups is 2. The van der Waals surface area contributed by atoms with Crippen molar-refractivity contribution < 1.29 is 9.59 Å². The minimum Gasteiger partial charge on any atom is -0.350 e. The highest BCUT2D eigenvalue weighted by atomic mass is 35.5. The lowest BCUT2D eigenvalue weighted by Crippen LogP contribution is -2.42. The highest BCUT2D eigenvalue weighted by Gasteiger charge is 2.37. The van der Waals surface area contributed by atoms with Gasteiger partial charge in [0, 0.05) is 32.3 Å². The number of likely N-dealkylation sites (tertiary alicyclic amines) is 1. The third-order valence-electron chi connectivity index (χ3n) is 4.29. The van der Waals surface area contributed by atoms with Gasteiger partial charge in [-0.05, 0) is 17.8 Å². The summed E-state index contributed by atoms with van der Waals surface area (Å²) >= 11 is 11.5. The van der Waals surface area contributed by atoms with Crippen LogP contribution in [0.5, 0.6) is 0 Å². The van der Waals surface area contributed by atoms with Gasteiger partial charge in [0.25, 0.3) is 0 Å². The van der Waals surface area contributed by atoms with Gasteiger partial charge in [-0.25, -0.2) is 0 Å². The van der Waals surface area contributed by atoms with Gasteiger partial charge in [-0.1, -0.05) is 32.4 Å². The summed E-state index contributed by atoms with van der Waals surface area (Å²) in [6.45, 7) is 8.17. The Morgan fingerprint density at radius 3 is 2.64 bits per heavy atom. The highest BCUT2D eigenvalue weighted by Crippen LogP contribution is 2.31. The molecule has 25 heavy (non-hydrogen) atoms. The molecule has 2 heterocycles. The lowest BCUT2D eigenvalue weighted by molar-refractivity contribution is -0.130. The normalized spacial score (nSPS) is 20.8. The first-order chi connectivity index (χ1) is 11.7. The van der Waals surface area contributed by atoms with Gasteiger partial charge in [0.1, 0.15) is 5.88 Å². The third-order valence-corrected chi connectivity index (χ3v) is 4.73. The fourth-order valence-corrected chi connectivity index (χ4v) is 3.54. The summed E-state index contributed by atoms with van der Waals surface area (Å²) in [6.07, 6.45) is 4.54. The summed E-state index contributed by atoms with van der Waals surface area (Å²) in [4.78, 5) is 26.1. The fraction of sp³-hybridized carbons (Fsp3) is 0.706. The van der Waals surface area contributed by atoms with E-state index in [1.54, 1.807) is 17.1 Å². The first-order valence-corrected chi connectivity index (χ1v) is 9.40. The molecule has 1 aromatic heterocycles. The van der Waals surface area contributed by atoms with Crippen LogP contribution >= 0.6 is 23.2 Å². The molecule has 1 N–H and O–H groups in total. The molecule has 1 aromatic rings. The molecule has 2 atom stereocenters. The van der Waals surface area contributed by atoms with Crippen LogP contribution in [-0.2, 0) is 16.1 Å². The monoisotopic (exact) mass is 388 g/mol. The second-order valence-corrected chi connectivity index (χ2v) is 8.51. The number of nitrogens with one attached hydrogen (secondary N) is 1. The standard InChI is InChI=1S/C17H26Cl2N4O2/c1-17(2,3)6-12-9-22(11-14(12)21-15(24)7-18)16(25)4-5-23-10-13(19)8-20-23/h8,10,12,14H,4-7,9,11H2,1-3H3,(H,21,24)/t12-,14-/m1/s1. The minimum absolute atomic E-state index is 0.0476. The molecule has 0 saturated carbocycles. The lowest BCUT2D eigenvalue weighted by atomic mass is 9.82. The van der Waals surface area contributed by atoms with Crippen molar-refractivity contribution in [2.24, 2.45) is 11.3 Å². The molecule has 6 nitrogen and oxygen atoms in total. The Hall–Kier alpha value is -1.27. The Bertz CT molecular complexity index is 612. The van der Waals surface area contributed by atoms with Crippen molar-refractivity contribution in [3.8, 4) is 0 Å². The van der Waals surface area contributed by atoms with E-state index in [0.717, 1.165) is 6.42 Å². The number of aryl methyl sites for hydroxylation is 1. The smallest absolute Gasteiger partial charge is 0.235 e. The molecule has 140 valence electrons. The molecule has 1 aliphatic rings. The molecule has 2 amide bonds. The number of nitrogens with zero attached hydrogens (tertiary/aromatic N) is 3. The minimum atomic E-state index is -0.189. The number of hydrogen-bond acceptors (Lipinski definition) is 3. The van der Waals surface area contributed by atoms with Gasteiger partial charge in [0.15, 0.2) is 0 Å². The van der Waals surface area contributed by atoms with Gasteiger partial charge < -0.3 is 10.2 Å². The Labute approximate surface area is 158 Å². The summed E-state index contributed by atoms with van der Waals surface area (Å²) in [5.74, 6) is 0.0432. The van der Waals surface area contributed by atoms with Crippen molar-refractivity contribution in [1.82, 2.24) is 20.0 Å². The largest absolute Gasteiger partial charge is 0.350 e. The summed E-state index contributed by atoms with van der Waals surface area (Å²) in [6, 6.07) is -0.0476. The van der Waals surface area contributed by atoms with Crippen molar-refractivity contribution in [3.63, 3.8) is 0 Å². The van der Waals surface area contributed by atoms with E-state index in [-0.39, 0.29) is 35.1 Å². The molecule has 0 radical (unpaired) electrons. The molecule has 0 bridgehead atoms. The first-order valence-electron chi connectivity index (χ1n) is 8.49. The molecular weight excluding hydrogens is 363 g/mol. The van der Waals surface area contributed by atoms with Crippen LogP contribution in [0.25, 0.3) is 0 Å². The Balaban J connectivity index is 1.95. The molecule has 1 saturated heterocycles. The van der Waals surface area contributed by atoms with E-state index < -0.39 is 0 Å². The summed E-state index contributed by atoms with van der Waals surface area (Å²) in [7, 11) is 0. The molecular formula is C17H26Cl2N4O2. The van der Waals surface area contributed by atoms with Crippen molar-refractivity contribution in [3.05, 3.63) is 17.4 Å². The molecule has 0 aliphatic carbocycles. The second-order valence-electron chi connectivity index (χ2n) is 7.80. The van der Waals surface area contributed by atoms with Crippen molar-refractivity contribution in [2.75, 3.05) is 19.0 Å². The first kappa shape index (κ1) is 20.0. The van der Waals surface area contributed by atoms with Crippen molar-refractivity contribution in [2.45, 2.75) is 46.2 Å². The fourth-order valence-electron chi connectivity index (χ4n) is 3.31. The molecule has 2 rings (SSSR count). The SMILES string of the molecule is CC(C)(C)C[C@@H]1CN(C(=O)CCn2cc(Cl)cn2)C[C@H]1NC(=O)CCl. The second kappa shape index (κ2) is 8.41. The molecule has 1 aliphatic heterocycles. The van der Waals surface area contributed by atoms with Gasteiger partial charge >= 0.3 is 0 Å². The van der Waals surface area contributed by atoms with Crippen LogP contribution in [0.2, 0.25) is 5.02 Å². The Morgan fingerprint density at radius 1 is 1.36 bits per heavy atom. The van der Waals surface area contributed by atoms with Gasteiger partial charge in [0.2, 0.25) is 11.8 Å². The number of hydrogen-bond donors (Lipinski definition) is 1. The number of aromatic nitrogens is 2. The predicted molar refractivity (Wildman–Crippen MR) is 98.6 cm³/mol. The summed E-state index contributed by atoms with van der Waals surface area (Å²) in [5.41, 5.74) is 0.124. The number of rotatable bonds is 6. The number of carbonyl (C=O) groups excluding carboxylic acids is 2.